The minimum Gasteiger partial charge on any atom is -0.342 e. The fraction of sp³-hybridized carbons (Fsp3) is 0.0870. The van der Waals surface area contributed by atoms with Crippen molar-refractivity contribution in [3.05, 3.63) is 113 Å². The van der Waals surface area contributed by atoms with Gasteiger partial charge in [0.25, 0.3) is 0 Å². The highest BCUT2D eigenvalue weighted by Gasteiger charge is 2.15. The smallest absolute Gasteiger partial charge is 0.244 e. The number of hydrogen-bond acceptors (Lipinski definition) is 1. The van der Waals surface area contributed by atoms with E-state index in [1.807, 2.05) is 66.7 Å². The Kier molecular flexibility index (Phi) is 5.43. The maximum Gasteiger partial charge on any atom is 0.244 e. The monoisotopic (exact) mass is 327 g/mol. The maximum atomic E-state index is 12.4. The van der Waals surface area contributed by atoms with Gasteiger partial charge in [0.1, 0.15) is 0 Å². The molecular weight excluding hydrogens is 306 g/mol. The molecule has 2 nitrogen and oxygen atoms in total. The van der Waals surface area contributed by atoms with E-state index in [2.05, 4.69) is 36.5 Å². The van der Waals surface area contributed by atoms with Crippen molar-refractivity contribution in [2.75, 3.05) is 0 Å². The van der Waals surface area contributed by atoms with E-state index in [1.54, 1.807) is 6.08 Å². The van der Waals surface area contributed by atoms with Gasteiger partial charge in [0.05, 0.1) is 6.04 Å². The topological polar surface area (TPSA) is 29.1 Å². The van der Waals surface area contributed by atoms with Gasteiger partial charge >= 0.3 is 0 Å². The maximum absolute atomic E-state index is 12.4. The lowest BCUT2D eigenvalue weighted by Crippen LogP contribution is -2.27. The molecule has 0 radical (unpaired) electrons. The average Bonchev–Trinajstić information content (AvgIpc) is 2.67. The van der Waals surface area contributed by atoms with E-state index in [0.29, 0.717) is 0 Å². The summed E-state index contributed by atoms with van der Waals surface area (Å²) in [4.78, 5) is 12.4. The van der Waals surface area contributed by atoms with Crippen LogP contribution in [-0.2, 0) is 4.79 Å². The largest absolute Gasteiger partial charge is 0.342 e. The van der Waals surface area contributed by atoms with E-state index in [0.717, 1.165) is 16.7 Å². The molecule has 3 rings (SSSR count). The van der Waals surface area contributed by atoms with Crippen molar-refractivity contribution < 1.29 is 4.79 Å². The lowest BCUT2D eigenvalue weighted by molar-refractivity contribution is -0.116. The minimum absolute atomic E-state index is 0.113. The zero-order valence-electron chi connectivity index (χ0n) is 14.2. The molecule has 0 fully saturated rings. The first-order valence-electron chi connectivity index (χ1n) is 8.37. The van der Waals surface area contributed by atoms with Gasteiger partial charge < -0.3 is 5.32 Å². The second-order valence-corrected chi connectivity index (χ2v) is 6.01. The molecule has 1 amide bonds. The summed E-state index contributed by atoms with van der Waals surface area (Å²) in [7, 11) is 0. The van der Waals surface area contributed by atoms with Crippen LogP contribution in [0.3, 0.4) is 0 Å². The molecule has 1 unspecified atom stereocenters. The Morgan fingerprint density at radius 3 is 2.00 bits per heavy atom. The second-order valence-electron chi connectivity index (χ2n) is 6.01. The molecule has 0 aliphatic carbocycles. The molecule has 1 atom stereocenters. The second kappa shape index (κ2) is 8.11. The Hall–Kier alpha value is -3.13. The lowest BCUT2D eigenvalue weighted by Gasteiger charge is -2.19. The van der Waals surface area contributed by atoms with E-state index in [4.69, 9.17) is 0 Å². The number of amides is 1. The molecule has 3 aromatic carbocycles. The van der Waals surface area contributed by atoms with Crippen molar-refractivity contribution in [2.24, 2.45) is 0 Å². The molecule has 0 aromatic heterocycles. The fourth-order valence-corrected chi connectivity index (χ4v) is 2.69. The molecule has 0 aliphatic heterocycles. The summed E-state index contributed by atoms with van der Waals surface area (Å²) in [5.41, 5.74) is 4.33. The first-order valence-corrected chi connectivity index (χ1v) is 8.37. The third-order valence-corrected chi connectivity index (χ3v) is 4.06. The molecule has 0 aliphatic rings. The van der Waals surface area contributed by atoms with Gasteiger partial charge in [0.15, 0.2) is 0 Å². The van der Waals surface area contributed by atoms with Gasteiger partial charge in [-0.3, -0.25) is 4.79 Å². The van der Waals surface area contributed by atoms with Gasteiger partial charge in [-0.2, -0.15) is 0 Å². The lowest BCUT2D eigenvalue weighted by atomic mass is 9.98. The van der Waals surface area contributed by atoms with Gasteiger partial charge in [-0.1, -0.05) is 90.5 Å². The van der Waals surface area contributed by atoms with Crippen LogP contribution in [0.1, 0.15) is 28.3 Å². The number of hydrogen-bond donors (Lipinski definition) is 1. The molecule has 2 heteroatoms. The third kappa shape index (κ3) is 4.67. The van der Waals surface area contributed by atoms with Gasteiger partial charge in [-0.15, -0.1) is 0 Å². The van der Waals surface area contributed by atoms with Gasteiger partial charge in [-0.25, -0.2) is 0 Å². The summed E-state index contributed by atoms with van der Waals surface area (Å²) in [6, 6.07) is 27.9. The molecule has 0 heterocycles. The highest BCUT2D eigenvalue weighted by atomic mass is 16.1. The van der Waals surface area contributed by atoms with Crippen LogP contribution < -0.4 is 5.32 Å². The Morgan fingerprint density at radius 1 is 0.800 bits per heavy atom. The Bertz CT molecular complexity index is 836. The van der Waals surface area contributed by atoms with Crippen LogP contribution in [0.5, 0.6) is 0 Å². The fourth-order valence-electron chi connectivity index (χ4n) is 2.69. The van der Waals surface area contributed by atoms with Crippen LogP contribution in [0.15, 0.2) is 91.0 Å². The van der Waals surface area contributed by atoms with Crippen LogP contribution in [0.25, 0.3) is 6.08 Å². The van der Waals surface area contributed by atoms with Gasteiger partial charge in [0.2, 0.25) is 5.91 Å². The molecule has 0 saturated heterocycles. The van der Waals surface area contributed by atoms with Crippen molar-refractivity contribution >= 4 is 12.0 Å². The molecule has 25 heavy (non-hydrogen) atoms. The summed E-state index contributed by atoms with van der Waals surface area (Å²) >= 11 is 0. The van der Waals surface area contributed by atoms with Crippen molar-refractivity contribution in [3.8, 4) is 0 Å². The predicted molar refractivity (Wildman–Crippen MR) is 103 cm³/mol. The molecule has 3 aromatic rings. The van der Waals surface area contributed by atoms with E-state index in [1.165, 1.54) is 5.56 Å². The van der Waals surface area contributed by atoms with Crippen LogP contribution in [-0.4, -0.2) is 5.91 Å². The molecule has 0 bridgehead atoms. The first-order chi connectivity index (χ1) is 12.2. The Morgan fingerprint density at radius 2 is 1.36 bits per heavy atom. The van der Waals surface area contributed by atoms with E-state index < -0.39 is 0 Å². The Labute approximate surface area is 148 Å². The molecule has 0 saturated carbocycles. The quantitative estimate of drug-likeness (QED) is 0.663. The summed E-state index contributed by atoms with van der Waals surface area (Å²) in [6.45, 7) is 2.06. The molecule has 124 valence electrons. The van der Waals surface area contributed by atoms with Crippen molar-refractivity contribution in [3.63, 3.8) is 0 Å². The summed E-state index contributed by atoms with van der Waals surface area (Å²) < 4.78 is 0. The third-order valence-electron chi connectivity index (χ3n) is 4.06. The number of carbonyl (C=O) groups is 1. The number of nitrogens with one attached hydrogen (secondary N) is 1. The van der Waals surface area contributed by atoms with Crippen molar-refractivity contribution in [1.29, 1.82) is 0 Å². The summed E-state index contributed by atoms with van der Waals surface area (Å²) in [6.07, 6.45) is 3.41. The van der Waals surface area contributed by atoms with E-state index in [-0.39, 0.29) is 11.9 Å². The van der Waals surface area contributed by atoms with Gasteiger partial charge in [0, 0.05) is 6.08 Å². The van der Waals surface area contributed by atoms with Crippen LogP contribution in [0.2, 0.25) is 0 Å². The first kappa shape index (κ1) is 16.7. The number of aryl methyl sites for hydroxylation is 1. The Balaban J connectivity index is 1.81. The van der Waals surface area contributed by atoms with Crippen molar-refractivity contribution in [1.82, 2.24) is 5.32 Å². The highest BCUT2D eigenvalue weighted by Crippen LogP contribution is 2.22. The highest BCUT2D eigenvalue weighted by molar-refractivity contribution is 5.92. The average molecular weight is 327 g/mol. The zero-order valence-corrected chi connectivity index (χ0v) is 14.2. The molecule has 1 N–H and O–H groups in total. The normalized spacial score (nSPS) is 12.0. The summed E-state index contributed by atoms with van der Waals surface area (Å²) in [5, 5.41) is 3.11. The zero-order chi connectivity index (χ0) is 17.5. The van der Waals surface area contributed by atoms with Crippen LogP contribution >= 0.6 is 0 Å². The number of carbonyl (C=O) groups excluding carboxylic acids is 1. The van der Waals surface area contributed by atoms with E-state index in [9.17, 15) is 4.79 Å². The van der Waals surface area contributed by atoms with Crippen LogP contribution in [0.4, 0.5) is 0 Å². The van der Waals surface area contributed by atoms with Crippen LogP contribution in [0, 0.1) is 6.92 Å². The molecular formula is C23H21NO. The van der Waals surface area contributed by atoms with E-state index >= 15 is 0 Å². The number of rotatable bonds is 5. The molecule has 0 spiro atoms. The SMILES string of the molecule is Cc1ccc(C(NC(=O)/C=C/c2ccccc2)c2ccccc2)cc1. The number of benzene rings is 3. The summed E-state index contributed by atoms with van der Waals surface area (Å²) in [5.74, 6) is -0.113. The minimum atomic E-state index is -0.172. The standard InChI is InChI=1S/C23H21NO/c1-18-12-15-21(16-13-18)23(20-10-6-3-7-11-20)24-22(25)17-14-19-8-4-2-5-9-19/h2-17,23H,1H3,(H,24,25)/b17-14+. The predicted octanol–water partition coefficient (Wildman–Crippen LogP) is 4.91. The van der Waals surface area contributed by atoms with Crippen molar-refractivity contribution in [2.45, 2.75) is 13.0 Å². The van der Waals surface area contributed by atoms with Gasteiger partial charge in [-0.05, 0) is 29.7 Å².